The molecule has 0 amide bonds. The van der Waals surface area contributed by atoms with Crippen LogP contribution in [0.3, 0.4) is 0 Å². The molecule has 12 rings (SSSR count). The van der Waals surface area contributed by atoms with E-state index in [9.17, 15) is 60.3 Å². The number of hydrogen-bond acceptors (Lipinski definition) is 18. The van der Waals surface area contributed by atoms with Crippen molar-refractivity contribution in [1.82, 2.24) is 0 Å². The molecule has 0 aliphatic heterocycles. The van der Waals surface area contributed by atoms with Gasteiger partial charge in [-0.05, 0) is 235 Å². The van der Waals surface area contributed by atoms with Crippen LogP contribution in [0.2, 0.25) is 0 Å². The average Bonchev–Trinajstić information content (AvgIpc) is 0.801. The van der Waals surface area contributed by atoms with Crippen LogP contribution >= 0.6 is 0 Å². The van der Waals surface area contributed by atoms with Gasteiger partial charge in [0.2, 0.25) is 19.7 Å². The molecular weight excluding hydrogens is 1510 g/mol. The third-order valence-corrected chi connectivity index (χ3v) is 19.5. The molecule has 0 bridgehead atoms. The summed E-state index contributed by atoms with van der Waals surface area (Å²) in [5, 5.41) is 35.9. The maximum Gasteiger partial charge on any atom is 1.00 e. The molecule has 0 aliphatic rings. The second-order valence-electron chi connectivity index (χ2n) is 21.7. The Hall–Kier alpha value is -9.13. The van der Waals surface area contributed by atoms with Gasteiger partial charge >= 0.3 is 103 Å². The van der Waals surface area contributed by atoms with Gasteiger partial charge in [0.25, 0.3) is 0 Å². The Morgan fingerprint density at radius 3 is 1.07 bits per heavy atom. The molecule has 0 spiro atoms. The van der Waals surface area contributed by atoms with Gasteiger partial charge < -0.3 is 48.5 Å². The molecule has 0 radical (unpaired) electrons. The smallest absolute Gasteiger partial charge is 0.744 e. The summed E-state index contributed by atoms with van der Waals surface area (Å²) in [5.74, 6) is 3.88. The number of ether oxygens (including phenoxy) is 4. The molecule has 0 saturated carbocycles. The van der Waals surface area contributed by atoms with E-state index in [-0.39, 0.29) is 162 Å². The fraction of sp³-hybridized carbons (Fsp3) is 0.0256. The third kappa shape index (κ3) is 25.0. The van der Waals surface area contributed by atoms with E-state index in [1.807, 2.05) is 79.7 Å². The fourth-order valence-electron chi connectivity index (χ4n) is 9.14. The summed E-state index contributed by atoms with van der Waals surface area (Å²) in [6, 6.07) is 64.0. The van der Waals surface area contributed by atoms with E-state index in [1.165, 1.54) is 72.8 Å². The standard InChI is InChI=1S/C40H30O9S2.C12H8F2O2S.C12H10O2.C8H4F2.C6H6O5S.2K/c1-4-28-23-27(2)24-36(25-28)48-35-17-22-39(40(26-35)51(43,44)45)49-34-15-20-38(21-16-34)50(41,42)37-18-13-33(14-19-37)47-32-11-7-30(8-12-32)29-5-9-31(46-3)10-6-29;13-9-1-5-11(6-2-9)17(15,16)12-7-3-10(14)4-8-12;13-11-5-1-9(2-6-11)10-3-7-12(14)8-4-10;1-2-6-3-7(9)5-8(10)4-6;7-4-1-2-5(8)6(3-4)12(9,10)11;;/h1,5-26H,2-3H3,(H,43,44,45);1-8H;1-8,13-14H;1,3-5H;1-3,7-8H,(H,9,10,11);;/q;;;;;2*+1/p-2. The van der Waals surface area contributed by atoms with Crippen LogP contribution in [0, 0.1) is 54.9 Å². The molecule has 4 N–H and O–H groups in total. The van der Waals surface area contributed by atoms with Crippen LogP contribution in [0.15, 0.2) is 296 Å². The van der Waals surface area contributed by atoms with E-state index in [1.54, 1.807) is 61.7 Å². The number of terminal acetylenes is 2. The van der Waals surface area contributed by atoms with Crippen LogP contribution in [0.5, 0.6) is 63.2 Å². The Morgan fingerprint density at radius 1 is 0.340 bits per heavy atom. The van der Waals surface area contributed by atoms with E-state index in [4.69, 9.17) is 52.2 Å². The first-order valence-corrected chi connectivity index (χ1v) is 35.8. The van der Waals surface area contributed by atoms with Crippen molar-refractivity contribution >= 4 is 39.9 Å². The summed E-state index contributed by atoms with van der Waals surface area (Å²) in [7, 11) is -15.7. The molecule has 0 fully saturated rings. The van der Waals surface area contributed by atoms with Crippen LogP contribution in [-0.2, 0) is 39.9 Å². The Bertz CT molecular complexity index is 5450. The molecule has 12 aromatic rings. The minimum Gasteiger partial charge on any atom is -0.744 e. The fourth-order valence-corrected chi connectivity index (χ4v) is 12.9. The summed E-state index contributed by atoms with van der Waals surface area (Å²) in [6.07, 6.45) is 10.4. The second kappa shape index (κ2) is 38.9. The van der Waals surface area contributed by atoms with Gasteiger partial charge in [0.1, 0.15) is 112 Å². The van der Waals surface area contributed by atoms with Crippen molar-refractivity contribution in [3.8, 4) is 110 Å². The van der Waals surface area contributed by atoms with Crippen molar-refractivity contribution in [2.24, 2.45) is 0 Å². The molecule has 18 nitrogen and oxygen atoms in total. The maximum atomic E-state index is 13.4. The summed E-state index contributed by atoms with van der Waals surface area (Å²) in [5.41, 5.74) is 5.68. The van der Waals surface area contributed by atoms with E-state index >= 15 is 0 Å². The molecule has 0 atom stereocenters. The molecule has 12 aromatic carbocycles. The molecule has 0 heterocycles. The topological polar surface area (TPSA) is 301 Å². The second-order valence-corrected chi connectivity index (χ2v) is 28.3. The van der Waals surface area contributed by atoms with Crippen molar-refractivity contribution in [2.45, 2.75) is 36.3 Å². The molecule has 0 saturated heterocycles. The number of benzene rings is 12. The third-order valence-electron chi connectivity index (χ3n) is 14.2. The van der Waals surface area contributed by atoms with Crippen LogP contribution in [0.1, 0.15) is 16.7 Å². The molecule has 530 valence electrons. The van der Waals surface area contributed by atoms with E-state index in [0.29, 0.717) is 28.9 Å². The number of phenols is 4. The van der Waals surface area contributed by atoms with Crippen molar-refractivity contribution in [2.75, 3.05) is 7.11 Å². The summed E-state index contributed by atoms with van der Waals surface area (Å²) >= 11 is 0. The molecule has 28 heteroatoms. The number of phenolic OH excluding ortho intramolecular Hbond substituents is 4. The average molecular weight is 1560 g/mol. The molecule has 0 aliphatic carbocycles. The predicted octanol–water partition coefficient (Wildman–Crippen LogP) is 10.3. The largest absolute Gasteiger partial charge is 1.00 e. The Labute approximate surface area is 694 Å². The van der Waals surface area contributed by atoms with Crippen LogP contribution < -0.4 is 122 Å². The van der Waals surface area contributed by atoms with Crippen molar-refractivity contribution in [3.05, 3.63) is 307 Å². The molecular formula is C78H56F4K2O18S4. The van der Waals surface area contributed by atoms with Crippen LogP contribution in [0.25, 0.3) is 22.3 Å². The zero-order valence-electron chi connectivity index (χ0n) is 56.2. The number of halogens is 4. The monoisotopic (exact) mass is 1560 g/mol. The molecule has 0 aromatic heterocycles. The maximum absolute atomic E-state index is 13.4. The van der Waals surface area contributed by atoms with E-state index in [0.717, 1.165) is 94.2 Å². The molecule has 106 heavy (non-hydrogen) atoms. The Morgan fingerprint density at radius 2 is 0.679 bits per heavy atom. The van der Waals surface area contributed by atoms with E-state index in [2.05, 4.69) is 11.8 Å². The predicted molar refractivity (Wildman–Crippen MR) is 376 cm³/mol. The van der Waals surface area contributed by atoms with Gasteiger partial charge in [-0.3, -0.25) is 0 Å². The van der Waals surface area contributed by atoms with Gasteiger partial charge in [-0.25, -0.2) is 51.2 Å². The Balaban J connectivity index is 0.000000256. The zero-order valence-corrected chi connectivity index (χ0v) is 65.7. The van der Waals surface area contributed by atoms with Crippen LogP contribution in [0.4, 0.5) is 17.6 Å². The first-order valence-electron chi connectivity index (χ1n) is 30.0. The van der Waals surface area contributed by atoms with E-state index < -0.39 is 78.7 Å². The summed E-state index contributed by atoms with van der Waals surface area (Å²) in [6.45, 7) is 1.83. The Kier molecular flexibility index (Phi) is 31.5. The first kappa shape index (κ1) is 85.8. The summed E-state index contributed by atoms with van der Waals surface area (Å²) in [4.78, 5) is -1.50. The normalized spacial score (nSPS) is 10.7. The number of aromatic hydroxyl groups is 4. The summed E-state index contributed by atoms with van der Waals surface area (Å²) < 4.78 is 191. The van der Waals surface area contributed by atoms with Gasteiger partial charge in [0.05, 0.1) is 31.6 Å². The minimum atomic E-state index is -4.99. The quantitative estimate of drug-likeness (QED) is 0.0185. The van der Waals surface area contributed by atoms with Gasteiger partial charge in [-0.2, -0.15) is 0 Å². The van der Waals surface area contributed by atoms with Crippen molar-refractivity contribution < 1.29 is 202 Å². The number of hydrogen-bond donors (Lipinski definition) is 4. The van der Waals surface area contributed by atoms with Gasteiger partial charge in [-0.1, -0.05) is 60.4 Å². The minimum absolute atomic E-state index is 0. The molecule has 0 unspecified atom stereocenters. The van der Waals surface area contributed by atoms with Crippen LogP contribution in [-0.4, -0.2) is 70.3 Å². The van der Waals surface area contributed by atoms with Gasteiger partial charge in [0.15, 0.2) is 0 Å². The number of sulfone groups is 2. The van der Waals surface area contributed by atoms with Gasteiger partial charge in [-0.15, -0.1) is 12.8 Å². The number of methoxy groups -OCH3 is 1. The number of aryl methyl sites for hydroxylation is 1. The van der Waals surface area contributed by atoms with Crippen molar-refractivity contribution in [3.63, 3.8) is 0 Å². The van der Waals surface area contributed by atoms with Gasteiger partial charge in [0, 0.05) is 29.3 Å². The zero-order chi connectivity index (χ0) is 75.5. The SMILES string of the molecule is C#Cc1cc(C)cc(Oc2ccc(Oc3ccc(S(=O)(=O)c4ccc(Oc5ccc(-c6ccc(OC)cc6)cc5)cc4)cc3)c(S(=O)(=O)[O-])c2)c1.C#Cc1cc(F)cc(F)c1.O=S(=O)([O-])c1cc(O)ccc1O.O=S(=O)(c1ccc(F)cc1)c1ccc(F)cc1.Oc1ccc(-c2ccc(O)cc2)cc1.[K+].[K+]. The van der Waals surface area contributed by atoms with Crippen molar-refractivity contribution in [1.29, 1.82) is 0 Å². The number of rotatable bonds is 15. The first-order chi connectivity index (χ1) is 49.3.